The normalized spacial score (nSPS) is 10.5. The zero-order valence-corrected chi connectivity index (χ0v) is 15.7. The molecule has 0 spiro atoms. The van der Waals surface area contributed by atoms with Gasteiger partial charge >= 0.3 is 6.03 Å². The predicted octanol–water partition coefficient (Wildman–Crippen LogP) is 2.98. The summed E-state index contributed by atoms with van der Waals surface area (Å²) in [6.07, 6.45) is 4.47. The van der Waals surface area contributed by atoms with E-state index in [9.17, 15) is 14.0 Å². The van der Waals surface area contributed by atoms with Gasteiger partial charge in [-0.25, -0.2) is 19.2 Å². The second kappa shape index (κ2) is 8.53. The summed E-state index contributed by atoms with van der Waals surface area (Å²) in [6.45, 7) is 1.59. The average molecular weight is 400 g/mol. The molecule has 3 aromatic rings. The lowest BCUT2D eigenvalue weighted by atomic mass is 10.0. The largest absolute Gasteiger partial charge is 0.366 e. The van der Waals surface area contributed by atoms with Crippen LogP contribution in [0, 0.1) is 0 Å². The molecule has 3 rings (SSSR count). The predicted molar refractivity (Wildman–Crippen MR) is 105 cm³/mol. The number of carbonyl (C=O) groups is 2. The molecule has 0 atom stereocenters. The first-order chi connectivity index (χ1) is 13.5. The highest BCUT2D eigenvalue weighted by Gasteiger charge is 2.16. The molecule has 0 radical (unpaired) electrons. The summed E-state index contributed by atoms with van der Waals surface area (Å²) in [6, 6.07) is 2.84. The van der Waals surface area contributed by atoms with E-state index in [4.69, 9.17) is 5.73 Å². The van der Waals surface area contributed by atoms with Crippen molar-refractivity contribution in [3.05, 3.63) is 47.4 Å². The van der Waals surface area contributed by atoms with Crippen molar-refractivity contribution in [1.82, 2.24) is 20.3 Å². The minimum atomic E-state index is -0.681. The zero-order valence-electron chi connectivity index (χ0n) is 14.9. The third-order valence-corrected chi connectivity index (χ3v) is 4.66. The van der Waals surface area contributed by atoms with Gasteiger partial charge in [-0.15, -0.1) is 11.3 Å². The summed E-state index contributed by atoms with van der Waals surface area (Å²) in [4.78, 5) is 35.9. The number of pyridine rings is 2. The topological polar surface area (TPSA) is 123 Å². The summed E-state index contributed by atoms with van der Waals surface area (Å²) in [5, 5.41) is 7.42. The van der Waals surface area contributed by atoms with Crippen LogP contribution in [0.5, 0.6) is 0 Å². The number of hydrogen-bond acceptors (Lipinski definition) is 6. The fourth-order valence-electron chi connectivity index (χ4n) is 2.47. The first kappa shape index (κ1) is 19.4. The Morgan fingerprint density at radius 3 is 2.71 bits per heavy atom. The minimum Gasteiger partial charge on any atom is -0.366 e. The van der Waals surface area contributed by atoms with Gasteiger partial charge in [0.1, 0.15) is 17.5 Å². The number of anilines is 1. The highest BCUT2D eigenvalue weighted by molar-refractivity contribution is 7.13. The summed E-state index contributed by atoms with van der Waals surface area (Å²) < 4.78 is 13.0. The molecule has 0 fully saturated rings. The molecule has 0 saturated heterocycles. The number of thiazole rings is 1. The van der Waals surface area contributed by atoms with Crippen LogP contribution >= 0.6 is 11.3 Å². The van der Waals surface area contributed by atoms with Crippen LogP contribution in [0.1, 0.15) is 23.0 Å². The van der Waals surface area contributed by atoms with Gasteiger partial charge in [-0.05, 0) is 19.1 Å². The van der Waals surface area contributed by atoms with Gasteiger partial charge in [-0.3, -0.25) is 15.1 Å². The Hall–Kier alpha value is -3.40. The Bertz CT molecular complexity index is 1020. The Kier molecular flexibility index (Phi) is 5.90. The van der Waals surface area contributed by atoms with Crippen LogP contribution in [0.25, 0.3) is 21.7 Å². The van der Waals surface area contributed by atoms with Crippen LogP contribution < -0.4 is 16.4 Å². The van der Waals surface area contributed by atoms with E-state index in [1.807, 2.05) is 0 Å². The Balaban J connectivity index is 2.09. The Labute approximate surface area is 164 Å². The van der Waals surface area contributed by atoms with E-state index in [0.29, 0.717) is 39.8 Å². The molecule has 3 aromatic heterocycles. The molecule has 0 unspecified atom stereocenters. The van der Waals surface area contributed by atoms with Crippen molar-refractivity contribution in [2.24, 2.45) is 5.73 Å². The Morgan fingerprint density at radius 2 is 2.04 bits per heavy atom. The summed E-state index contributed by atoms with van der Waals surface area (Å²) in [5.74, 6) is -0.298. The lowest BCUT2D eigenvalue weighted by Crippen LogP contribution is -2.28. The molecule has 0 aliphatic rings. The number of nitrogens with zero attached hydrogens (tertiary/aromatic N) is 3. The number of rotatable bonds is 6. The van der Waals surface area contributed by atoms with E-state index >= 15 is 0 Å². The molecular formula is C18H17FN6O2S. The van der Waals surface area contributed by atoms with Gasteiger partial charge in [0.05, 0.1) is 11.3 Å². The van der Waals surface area contributed by atoms with Gasteiger partial charge in [-0.2, -0.15) is 0 Å². The van der Waals surface area contributed by atoms with Crippen LogP contribution in [-0.2, 0) is 6.67 Å². The van der Waals surface area contributed by atoms with Gasteiger partial charge < -0.3 is 11.1 Å². The molecule has 0 aliphatic heterocycles. The van der Waals surface area contributed by atoms with Gasteiger partial charge in [0, 0.05) is 47.2 Å². The van der Waals surface area contributed by atoms with Crippen molar-refractivity contribution >= 4 is 29.1 Å². The number of hydrogen-bond donors (Lipinski definition) is 3. The lowest BCUT2D eigenvalue weighted by Gasteiger charge is -2.11. The van der Waals surface area contributed by atoms with Crippen molar-refractivity contribution < 1.29 is 14.0 Å². The van der Waals surface area contributed by atoms with Crippen LogP contribution in [0.4, 0.5) is 15.0 Å². The quantitative estimate of drug-likeness (QED) is 0.587. The standard InChI is InChI=1S/C18H17FN6O2S/c1-2-22-18(27)25-15-4-13(17-24-12(5-19)9-28-17)14(8-23-15)10-3-11(16(20)26)7-21-6-10/h3-4,6-9H,2,5H2,1H3,(H2,20,26)(H2,22,23,25,27). The number of nitrogens with one attached hydrogen (secondary N) is 2. The van der Waals surface area contributed by atoms with Gasteiger partial charge in [-0.1, -0.05) is 0 Å². The highest BCUT2D eigenvalue weighted by atomic mass is 32.1. The van der Waals surface area contributed by atoms with Crippen molar-refractivity contribution in [1.29, 1.82) is 0 Å². The maximum Gasteiger partial charge on any atom is 0.320 e. The molecule has 144 valence electrons. The average Bonchev–Trinajstić information content (AvgIpc) is 3.17. The van der Waals surface area contributed by atoms with E-state index in [1.54, 1.807) is 30.6 Å². The molecule has 4 N–H and O–H groups in total. The number of nitrogens with two attached hydrogens (primary N) is 1. The summed E-state index contributed by atoms with van der Waals surface area (Å²) in [5.41, 5.74) is 7.73. The number of primary amides is 1. The maximum atomic E-state index is 13.0. The summed E-state index contributed by atoms with van der Waals surface area (Å²) in [7, 11) is 0. The minimum absolute atomic E-state index is 0.247. The van der Waals surface area contributed by atoms with Crippen molar-refractivity contribution in [2.45, 2.75) is 13.6 Å². The first-order valence-corrected chi connectivity index (χ1v) is 9.20. The number of carbonyl (C=O) groups excluding carboxylic acids is 2. The number of halogens is 1. The second-order valence-electron chi connectivity index (χ2n) is 5.70. The van der Waals surface area contributed by atoms with Crippen LogP contribution in [0.15, 0.2) is 36.1 Å². The molecule has 0 saturated carbocycles. The number of alkyl halides is 1. The molecule has 3 heterocycles. The van der Waals surface area contributed by atoms with E-state index in [2.05, 4.69) is 25.6 Å². The van der Waals surface area contributed by atoms with Crippen molar-refractivity contribution in [2.75, 3.05) is 11.9 Å². The maximum absolute atomic E-state index is 13.0. The molecule has 0 bridgehead atoms. The molecule has 8 nitrogen and oxygen atoms in total. The van der Waals surface area contributed by atoms with Crippen molar-refractivity contribution in [3.63, 3.8) is 0 Å². The smallest absolute Gasteiger partial charge is 0.320 e. The lowest BCUT2D eigenvalue weighted by molar-refractivity contribution is 0.1000. The van der Waals surface area contributed by atoms with Crippen LogP contribution in [0.3, 0.4) is 0 Å². The van der Waals surface area contributed by atoms with E-state index in [1.165, 1.54) is 23.7 Å². The third kappa shape index (κ3) is 4.29. The fraction of sp³-hybridized carbons (Fsp3) is 0.167. The molecule has 3 amide bonds. The number of aromatic nitrogens is 3. The second-order valence-corrected chi connectivity index (χ2v) is 6.56. The van der Waals surface area contributed by atoms with E-state index in [-0.39, 0.29) is 5.56 Å². The molecule has 28 heavy (non-hydrogen) atoms. The SMILES string of the molecule is CCNC(=O)Nc1cc(-c2nc(CF)cs2)c(-c2cncc(C(N)=O)c2)cn1. The van der Waals surface area contributed by atoms with E-state index in [0.717, 1.165) is 0 Å². The van der Waals surface area contributed by atoms with Crippen LogP contribution in [0.2, 0.25) is 0 Å². The molecular weight excluding hydrogens is 383 g/mol. The highest BCUT2D eigenvalue weighted by Crippen LogP contribution is 2.35. The van der Waals surface area contributed by atoms with Crippen LogP contribution in [-0.4, -0.2) is 33.4 Å². The monoisotopic (exact) mass is 400 g/mol. The third-order valence-electron chi connectivity index (χ3n) is 3.74. The number of urea groups is 1. The zero-order chi connectivity index (χ0) is 20.1. The van der Waals surface area contributed by atoms with Gasteiger partial charge in [0.15, 0.2) is 0 Å². The van der Waals surface area contributed by atoms with Gasteiger partial charge in [0.2, 0.25) is 5.91 Å². The van der Waals surface area contributed by atoms with Gasteiger partial charge in [0.25, 0.3) is 0 Å². The number of amides is 3. The Morgan fingerprint density at radius 1 is 1.21 bits per heavy atom. The molecule has 0 aliphatic carbocycles. The fourth-order valence-corrected chi connectivity index (χ4v) is 3.29. The van der Waals surface area contributed by atoms with Crippen molar-refractivity contribution in [3.8, 4) is 21.7 Å². The first-order valence-electron chi connectivity index (χ1n) is 8.32. The molecule has 0 aromatic carbocycles. The molecule has 10 heteroatoms. The van der Waals surface area contributed by atoms with E-state index < -0.39 is 18.6 Å². The summed E-state index contributed by atoms with van der Waals surface area (Å²) >= 11 is 1.27.